The van der Waals surface area contributed by atoms with Gasteiger partial charge in [-0.05, 0) is 78.8 Å². The van der Waals surface area contributed by atoms with E-state index >= 15 is 0 Å². The maximum absolute atomic E-state index is 12.3. The first kappa shape index (κ1) is 18.3. The smallest absolute Gasteiger partial charge is 0.231 e. The summed E-state index contributed by atoms with van der Waals surface area (Å²) in [6.07, 6.45) is 3.55. The number of hydrogen-bond donors (Lipinski definition) is 1. The summed E-state index contributed by atoms with van der Waals surface area (Å²) in [4.78, 5) is 17.2. The van der Waals surface area contributed by atoms with Gasteiger partial charge >= 0.3 is 0 Å². The zero-order chi connectivity index (χ0) is 19.8. The number of nitrogens with zero attached hydrogens (tertiary/aromatic N) is 1. The van der Waals surface area contributed by atoms with Gasteiger partial charge in [-0.2, -0.15) is 0 Å². The highest BCUT2D eigenvalue weighted by Crippen LogP contribution is 2.32. The van der Waals surface area contributed by atoms with Gasteiger partial charge in [0.2, 0.25) is 12.7 Å². The number of aromatic nitrogens is 1. The second-order valence-corrected chi connectivity index (χ2v) is 8.49. The number of nitrogens with one attached hydrogen (secondary N) is 1. The minimum atomic E-state index is -0.0112. The molecule has 0 saturated heterocycles. The molecule has 3 aromatic rings. The molecular formula is C23H22N2O3S. The lowest BCUT2D eigenvalue weighted by Gasteiger charge is -2.10. The number of fused-ring (bicyclic) bond motifs is 3. The average molecular weight is 407 g/mol. The molecule has 0 bridgehead atoms. The molecule has 0 saturated carbocycles. The van der Waals surface area contributed by atoms with Crippen LogP contribution in [0.1, 0.15) is 28.7 Å². The van der Waals surface area contributed by atoms with Crippen LogP contribution < -0.4 is 14.8 Å². The molecule has 6 heteroatoms. The lowest BCUT2D eigenvalue weighted by atomic mass is 10.1. The van der Waals surface area contributed by atoms with Gasteiger partial charge in [-0.15, -0.1) is 0 Å². The average Bonchev–Trinajstić information content (AvgIpc) is 3.37. The maximum atomic E-state index is 12.3. The van der Waals surface area contributed by atoms with Crippen molar-refractivity contribution in [2.24, 2.45) is 0 Å². The molecule has 1 aliphatic heterocycles. The predicted molar refractivity (Wildman–Crippen MR) is 114 cm³/mol. The third kappa shape index (κ3) is 3.77. The number of carbonyl (C=O) groups excluding carboxylic acids is 1. The van der Waals surface area contributed by atoms with Crippen molar-refractivity contribution < 1.29 is 14.3 Å². The van der Waals surface area contributed by atoms with E-state index in [4.69, 9.17) is 14.5 Å². The molecule has 0 unspecified atom stereocenters. The molecule has 2 aromatic carbocycles. The fourth-order valence-electron chi connectivity index (χ4n) is 3.92. The van der Waals surface area contributed by atoms with Gasteiger partial charge in [0.25, 0.3) is 0 Å². The first-order chi connectivity index (χ1) is 14.2. The van der Waals surface area contributed by atoms with E-state index in [0.717, 1.165) is 39.6 Å². The summed E-state index contributed by atoms with van der Waals surface area (Å²) in [6, 6.07) is 12.4. The second-order valence-electron chi connectivity index (χ2n) is 7.53. The van der Waals surface area contributed by atoms with Crippen LogP contribution >= 0.6 is 11.8 Å². The van der Waals surface area contributed by atoms with Crippen molar-refractivity contribution in [1.29, 1.82) is 0 Å². The molecule has 1 N–H and O–H groups in total. The quantitative estimate of drug-likeness (QED) is 0.645. The Labute approximate surface area is 173 Å². The lowest BCUT2D eigenvalue weighted by molar-refractivity contribution is -0.118. The van der Waals surface area contributed by atoms with E-state index in [1.807, 2.05) is 18.2 Å². The highest BCUT2D eigenvalue weighted by Gasteiger charge is 2.15. The van der Waals surface area contributed by atoms with Crippen LogP contribution in [0.2, 0.25) is 0 Å². The standard InChI is InChI=1S/C23H22N2O3S/c1-14-7-18-9-16-3-2-4-17(16)10-19(18)25-23(14)29-12-22(26)24-11-15-5-6-20-21(8-15)28-13-27-20/h5-10H,2-4,11-13H2,1H3,(H,24,26). The van der Waals surface area contributed by atoms with Crippen molar-refractivity contribution in [3.8, 4) is 11.5 Å². The van der Waals surface area contributed by atoms with Gasteiger partial charge in [0.1, 0.15) is 5.03 Å². The van der Waals surface area contributed by atoms with Crippen LogP contribution in [0.25, 0.3) is 10.9 Å². The molecule has 1 aliphatic carbocycles. The van der Waals surface area contributed by atoms with Crippen LogP contribution in [-0.2, 0) is 24.2 Å². The minimum Gasteiger partial charge on any atom is -0.454 e. The molecule has 0 spiro atoms. The minimum absolute atomic E-state index is 0.0112. The summed E-state index contributed by atoms with van der Waals surface area (Å²) in [5.74, 6) is 1.81. The second kappa shape index (κ2) is 7.59. The van der Waals surface area contributed by atoms with Gasteiger partial charge in [0.05, 0.1) is 11.3 Å². The van der Waals surface area contributed by atoms with Crippen LogP contribution in [-0.4, -0.2) is 23.4 Å². The molecule has 2 heterocycles. The number of carbonyl (C=O) groups is 1. The first-order valence-electron chi connectivity index (χ1n) is 9.87. The van der Waals surface area contributed by atoms with Crippen molar-refractivity contribution in [3.05, 3.63) is 58.7 Å². The zero-order valence-electron chi connectivity index (χ0n) is 16.3. The largest absolute Gasteiger partial charge is 0.454 e. The van der Waals surface area contributed by atoms with E-state index in [-0.39, 0.29) is 12.7 Å². The summed E-state index contributed by atoms with van der Waals surface area (Å²) < 4.78 is 10.7. The van der Waals surface area contributed by atoms with Crippen LogP contribution in [0, 0.1) is 6.92 Å². The fraction of sp³-hybridized carbons (Fsp3) is 0.304. The van der Waals surface area contributed by atoms with Crippen LogP contribution in [0.3, 0.4) is 0 Å². The summed E-state index contributed by atoms with van der Waals surface area (Å²) in [7, 11) is 0. The Hall–Kier alpha value is -2.73. The van der Waals surface area contributed by atoms with Gasteiger partial charge in [0, 0.05) is 11.9 Å². The number of hydrogen-bond acceptors (Lipinski definition) is 5. The Morgan fingerprint density at radius 3 is 2.83 bits per heavy atom. The van der Waals surface area contributed by atoms with Crippen molar-refractivity contribution in [1.82, 2.24) is 10.3 Å². The highest BCUT2D eigenvalue weighted by atomic mass is 32.2. The van der Waals surface area contributed by atoms with Crippen LogP contribution in [0.4, 0.5) is 0 Å². The van der Waals surface area contributed by atoms with Crippen molar-refractivity contribution >= 4 is 28.6 Å². The zero-order valence-corrected chi connectivity index (χ0v) is 17.1. The molecule has 5 nitrogen and oxygen atoms in total. The van der Waals surface area contributed by atoms with Gasteiger partial charge < -0.3 is 14.8 Å². The fourth-order valence-corrected chi connectivity index (χ4v) is 4.74. The van der Waals surface area contributed by atoms with Crippen molar-refractivity contribution in [2.45, 2.75) is 37.8 Å². The van der Waals surface area contributed by atoms with Gasteiger partial charge in [-0.1, -0.05) is 17.8 Å². The highest BCUT2D eigenvalue weighted by molar-refractivity contribution is 7.99. The van der Waals surface area contributed by atoms with Crippen LogP contribution in [0.15, 0.2) is 41.4 Å². The first-order valence-corrected chi connectivity index (χ1v) is 10.9. The molecule has 5 rings (SSSR count). The van der Waals surface area contributed by atoms with Gasteiger partial charge in [-0.3, -0.25) is 4.79 Å². The number of aryl methyl sites for hydroxylation is 3. The Balaban J connectivity index is 1.22. The third-order valence-corrected chi connectivity index (χ3v) is 6.53. The lowest BCUT2D eigenvalue weighted by Crippen LogP contribution is -2.24. The van der Waals surface area contributed by atoms with E-state index in [9.17, 15) is 4.79 Å². The Morgan fingerprint density at radius 1 is 1.10 bits per heavy atom. The van der Waals surface area contributed by atoms with E-state index < -0.39 is 0 Å². The number of pyridine rings is 1. The van der Waals surface area contributed by atoms with Crippen molar-refractivity contribution in [3.63, 3.8) is 0 Å². The molecule has 1 amide bonds. The molecule has 148 valence electrons. The third-order valence-electron chi connectivity index (χ3n) is 5.44. The normalized spacial score (nSPS) is 14.2. The summed E-state index contributed by atoms with van der Waals surface area (Å²) in [5, 5.41) is 5.09. The SMILES string of the molecule is Cc1cc2cc3c(cc2nc1SCC(=O)NCc1ccc2c(c1)OCO2)CCC3. The molecule has 2 aliphatic rings. The molecule has 29 heavy (non-hydrogen) atoms. The van der Waals surface area contributed by atoms with Gasteiger partial charge in [-0.25, -0.2) is 4.98 Å². The van der Waals surface area contributed by atoms with E-state index in [2.05, 4.69) is 30.4 Å². The Kier molecular flexibility index (Phi) is 4.79. The number of thioether (sulfide) groups is 1. The summed E-state index contributed by atoms with van der Waals surface area (Å²) >= 11 is 1.49. The number of ether oxygens (including phenoxy) is 2. The molecular weight excluding hydrogens is 384 g/mol. The van der Waals surface area contributed by atoms with Gasteiger partial charge in [0.15, 0.2) is 11.5 Å². The molecule has 1 aromatic heterocycles. The topological polar surface area (TPSA) is 60.5 Å². The Bertz CT molecular complexity index is 1110. The maximum Gasteiger partial charge on any atom is 0.231 e. The Morgan fingerprint density at radius 2 is 1.93 bits per heavy atom. The predicted octanol–water partition coefficient (Wildman–Crippen LogP) is 4.17. The van der Waals surface area contributed by atoms with E-state index in [0.29, 0.717) is 12.3 Å². The number of rotatable bonds is 5. The van der Waals surface area contributed by atoms with Crippen molar-refractivity contribution in [2.75, 3.05) is 12.5 Å². The summed E-state index contributed by atoms with van der Waals surface area (Å²) in [5.41, 5.74) is 6.01. The monoisotopic (exact) mass is 406 g/mol. The molecule has 0 radical (unpaired) electrons. The number of amides is 1. The molecule has 0 atom stereocenters. The van der Waals surface area contributed by atoms with E-state index in [1.165, 1.54) is 41.1 Å². The molecule has 0 fully saturated rings. The van der Waals surface area contributed by atoms with Crippen LogP contribution in [0.5, 0.6) is 11.5 Å². The van der Waals surface area contributed by atoms with E-state index in [1.54, 1.807) is 0 Å². The summed E-state index contributed by atoms with van der Waals surface area (Å²) in [6.45, 7) is 2.78. The number of benzene rings is 2.